The van der Waals surface area contributed by atoms with Crippen LogP contribution in [0.4, 0.5) is 4.39 Å². The first-order chi connectivity index (χ1) is 9.65. The second-order valence-corrected chi connectivity index (χ2v) is 4.44. The first-order valence-corrected chi connectivity index (χ1v) is 6.41. The number of H-pyrrole nitrogens is 1. The fourth-order valence-corrected chi connectivity index (χ4v) is 1.75. The molecular formula is C14H13FN2O2S. The lowest BCUT2D eigenvalue weighted by Crippen LogP contribution is -2.28. The van der Waals surface area contributed by atoms with Crippen molar-refractivity contribution in [3.8, 4) is 5.75 Å². The standard InChI is InChI=1S/C14H13FN2O2S/c15-11-1-3-12(4-2-11)19-8-7-17-14(18)10-5-6-16-13(20)9-10/h1-6,9H,7-8H2,(H,16,20)(H,17,18). The van der Waals surface area contributed by atoms with E-state index in [-0.39, 0.29) is 11.7 Å². The van der Waals surface area contributed by atoms with Crippen molar-refractivity contribution in [2.75, 3.05) is 13.2 Å². The van der Waals surface area contributed by atoms with E-state index in [1.807, 2.05) is 0 Å². The maximum absolute atomic E-state index is 12.7. The molecule has 0 saturated heterocycles. The lowest BCUT2D eigenvalue weighted by molar-refractivity contribution is 0.0947. The number of rotatable bonds is 5. The number of pyridine rings is 1. The number of halogens is 1. The van der Waals surface area contributed by atoms with E-state index in [0.29, 0.717) is 29.1 Å². The number of ether oxygens (including phenoxy) is 1. The summed E-state index contributed by atoms with van der Waals surface area (Å²) in [5.74, 6) is 0.0295. The van der Waals surface area contributed by atoms with E-state index < -0.39 is 0 Å². The number of nitrogens with one attached hydrogen (secondary N) is 2. The third-order valence-electron chi connectivity index (χ3n) is 2.51. The van der Waals surface area contributed by atoms with Gasteiger partial charge in [0.2, 0.25) is 0 Å². The summed E-state index contributed by atoms with van der Waals surface area (Å²) in [4.78, 5) is 14.6. The quantitative estimate of drug-likeness (QED) is 0.658. The van der Waals surface area contributed by atoms with Crippen LogP contribution in [0.25, 0.3) is 0 Å². The molecule has 2 rings (SSSR count). The van der Waals surface area contributed by atoms with Gasteiger partial charge in [-0.3, -0.25) is 4.79 Å². The summed E-state index contributed by atoms with van der Waals surface area (Å²) in [6.07, 6.45) is 1.62. The van der Waals surface area contributed by atoms with Crippen molar-refractivity contribution in [2.24, 2.45) is 0 Å². The van der Waals surface area contributed by atoms with Gasteiger partial charge in [0, 0.05) is 11.8 Å². The number of carbonyl (C=O) groups is 1. The molecule has 0 saturated carbocycles. The average molecular weight is 292 g/mol. The van der Waals surface area contributed by atoms with Crippen molar-refractivity contribution in [1.82, 2.24) is 10.3 Å². The molecule has 0 unspecified atom stereocenters. The second kappa shape index (κ2) is 6.81. The first kappa shape index (κ1) is 14.2. The minimum atomic E-state index is -0.314. The molecule has 0 aliphatic heterocycles. The summed E-state index contributed by atoms with van der Waals surface area (Å²) in [5, 5.41) is 2.71. The molecule has 0 spiro atoms. The van der Waals surface area contributed by atoms with E-state index in [1.165, 1.54) is 24.3 Å². The Morgan fingerprint density at radius 1 is 1.30 bits per heavy atom. The number of hydrogen-bond acceptors (Lipinski definition) is 3. The van der Waals surface area contributed by atoms with E-state index in [9.17, 15) is 9.18 Å². The molecule has 0 bridgehead atoms. The number of aromatic nitrogens is 1. The van der Waals surface area contributed by atoms with Crippen molar-refractivity contribution in [3.63, 3.8) is 0 Å². The molecule has 104 valence electrons. The van der Waals surface area contributed by atoms with Gasteiger partial charge in [0.05, 0.1) is 6.54 Å². The van der Waals surface area contributed by atoms with E-state index in [4.69, 9.17) is 17.0 Å². The van der Waals surface area contributed by atoms with Crippen LogP contribution >= 0.6 is 12.2 Å². The fourth-order valence-electron chi connectivity index (χ4n) is 1.55. The van der Waals surface area contributed by atoms with E-state index >= 15 is 0 Å². The molecule has 0 atom stereocenters. The zero-order chi connectivity index (χ0) is 14.4. The molecule has 2 aromatic rings. The van der Waals surface area contributed by atoms with Crippen molar-refractivity contribution >= 4 is 18.1 Å². The number of hydrogen-bond donors (Lipinski definition) is 2. The van der Waals surface area contributed by atoms with Gasteiger partial charge in [-0.1, -0.05) is 12.2 Å². The molecule has 1 heterocycles. The molecule has 2 N–H and O–H groups in total. The molecule has 0 radical (unpaired) electrons. The van der Waals surface area contributed by atoms with Gasteiger partial charge in [-0.25, -0.2) is 4.39 Å². The molecule has 1 aromatic carbocycles. The zero-order valence-corrected chi connectivity index (χ0v) is 11.4. The Labute approximate surface area is 120 Å². The highest BCUT2D eigenvalue weighted by Gasteiger charge is 2.04. The minimum absolute atomic E-state index is 0.215. The monoisotopic (exact) mass is 292 g/mol. The highest BCUT2D eigenvalue weighted by Crippen LogP contribution is 2.10. The van der Waals surface area contributed by atoms with Crippen LogP contribution < -0.4 is 10.1 Å². The van der Waals surface area contributed by atoms with Gasteiger partial charge in [0.25, 0.3) is 5.91 Å². The van der Waals surface area contributed by atoms with E-state index in [2.05, 4.69) is 10.3 Å². The number of amides is 1. The predicted molar refractivity (Wildman–Crippen MR) is 75.9 cm³/mol. The molecule has 6 heteroatoms. The van der Waals surface area contributed by atoms with Crippen LogP contribution in [0.2, 0.25) is 0 Å². The molecular weight excluding hydrogens is 279 g/mol. The Hall–Kier alpha value is -2.21. The van der Waals surface area contributed by atoms with Crippen molar-refractivity contribution < 1.29 is 13.9 Å². The number of aromatic amines is 1. The smallest absolute Gasteiger partial charge is 0.251 e. The summed E-state index contributed by atoms with van der Waals surface area (Å²) in [6, 6.07) is 8.94. The molecule has 0 aliphatic carbocycles. The molecule has 1 amide bonds. The van der Waals surface area contributed by atoms with Crippen molar-refractivity contribution in [2.45, 2.75) is 0 Å². The van der Waals surface area contributed by atoms with Crippen molar-refractivity contribution in [1.29, 1.82) is 0 Å². The van der Waals surface area contributed by atoms with Gasteiger partial charge in [-0.15, -0.1) is 0 Å². The number of benzene rings is 1. The third-order valence-corrected chi connectivity index (χ3v) is 2.74. The number of carbonyl (C=O) groups excluding carboxylic acids is 1. The Balaban J connectivity index is 1.77. The Kier molecular flexibility index (Phi) is 4.84. The summed E-state index contributed by atoms with van der Waals surface area (Å²) in [6.45, 7) is 0.651. The highest BCUT2D eigenvalue weighted by atomic mass is 32.1. The summed E-state index contributed by atoms with van der Waals surface area (Å²) in [7, 11) is 0. The SMILES string of the molecule is O=C(NCCOc1ccc(F)cc1)c1cc[nH]c(=S)c1. The summed E-state index contributed by atoms with van der Waals surface area (Å²) < 4.78 is 18.5. The van der Waals surface area contributed by atoms with E-state index in [1.54, 1.807) is 18.3 Å². The van der Waals surface area contributed by atoms with Crippen LogP contribution in [0.1, 0.15) is 10.4 Å². The van der Waals surface area contributed by atoms with Crippen LogP contribution in [-0.2, 0) is 0 Å². The average Bonchev–Trinajstić information content (AvgIpc) is 2.45. The van der Waals surface area contributed by atoms with E-state index in [0.717, 1.165) is 0 Å². The second-order valence-electron chi connectivity index (χ2n) is 4.00. The van der Waals surface area contributed by atoms with Crippen LogP contribution in [0, 0.1) is 10.5 Å². The lowest BCUT2D eigenvalue weighted by atomic mass is 10.2. The van der Waals surface area contributed by atoms with Gasteiger partial charge < -0.3 is 15.0 Å². The zero-order valence-electron chi connectivity index (χ0n) is 10.6. The largest absolute Gasteiger partial charge is 0.492 e. The third kappa shape index (κ3) is 4.17. The van der Waals surface area contributed by atoms with Crippen molar-refractivity contribution in [3.05, 3.63) is 58.6 Å². The minimum Gasteiger partial charge on any atom is -0.492 e. The molecule has 0 fully saturated rings. The van der Waals surface area contributed by atoms with Gasteiger partial charge in [0.15, 0.2) is 0 Å². The lowest BCUT2D eigenvalue weighted by Gasteiger charge is -2.07. The normalized spacial score (nSPS) is 10.1. The van der Waals surface area contributed by atoms with Gasteiger partial charge in [-0.2, -0.15) is 0 Å². The van der Waals surface area contributed by atoms with Gasteiger partial charge in [0.1, 0.15) is 22.8 Å². The highest BCUT2D eigenvalue weighted by molar-refractivity contribution is 7.71. The maximum atomic E-state index is 12.7. The predicted octanol–water partition coefficient (Wildman–Crippen LogP) is 2.69. The topological polar surface area (TPSA) is 54.1 Å². The Morgan fingerprint density at radius 2 is 2.05 bits per heavy atom. The van der Waals surface area contributed by atoms with Crippen LogP contribution in [0.3, 0.4) is 0 Å². The first-order valence-electron chi connectivity index (χ1n) is 6.00. The van der Waals surface area contributed by atoms with Gasteiger partial charge >= 0.3 is 0 Å². The fraction of sp³-hybridized carbons (Fsp3) is 0.143. The van der Waals surface area contributed by atoms with Crippen LogP contribution in [-0.4, -0.2) is 24.0 Å². The molecule has 4 nitrogen and oxygen atoms in total. The molecule has 0 aliphatic rings. The van der Waals surface area contributed by atoms with Gasteiger partial charge in [-0.05, 0) is 36.4 Å². The summed E-state index contributed by atoms with van der Waals surface area (Å²) >= 11 is 4.94. The van der Waals surface area contributed by atoms with Crippen LogP contribution in [0.5, 0.6) is 5.75 Å². The molecule has 20 heavy (non-hydrogen) atoms. The summed E-state index contributed by atoms with van der Waals surface area (Å²) in [5.41, 5.74) is 0.496. The maximum Gasteiger partial charge on any atom is 0.251 e. The van der Waals surface area contributed by atoms with Crippen LogP contribution in [0.15, 0.2) is 42.6 Å². The Morgan fingerprint density at radius 3 is 2.75 bits per heavy atom. The molecule has 1 aromatic heterocycles. The Bertz CT molecular complexity index is 640.